The predicted molar refractivity (Wildman–Crippen MR) is 76.9 cm³/mol. The molecule has 1 aromatic carbocycles. The maximum Gasteiger partial charge on any atom is 0.0692 e. The lowest BCUT2D eigenvalue weighted by Crippen LogP contribution is -2.43. The van der Waals surface area contributed by atoms with Crippen LogP contribution in [0.1, 0.15) is 25.3 Å². The van der Waals surface area contributed by atoms with Crippen LogP contribution in [0, 0.1) is 0 Å². The Bertz CT molecular complexity index is 411. The van der Waals surface area contributed by atoms with Crippen molar-refractivity contribution >= 4 is 21.6 Å². The molecule has 4 heteroatoms. The summed E-state index contributed by atoms with van der Waals surface area (Å²) in [4.78, 5) is 2.40. The van der Waals surface area contributed by atoms with Crippen LogP contribution in [0.4, 0.5) is 5.69 Å². The van der Waals surface area contributed by atoms with E-state index in [1.807, 2.05) is 6.07 Å². The number of piperidine rings is 1. The summed E-state index contributed by atoms with van der Waals surface area (Å²) < 4.78 is 6.41. The van der Waals surface area contributed by atoms with Crippen LogP contribution < -0.4 is 4.90 Å². The zero-order valence-electron chi connectivity index (χ0n) is 10.9. The molecule has 1 aliphatic rings. The van der Waals surface area contributed by atoms with Gasteiger partial charge in [0, 0.05) is 29.9 Å². The van der Waals surface area contributed by atoms with Gasteiger partial charge < -0.3 is 14.7 Å². The van der Waals surface area contributed by atoms with Gasteiger partial charge in [0.25, 0.3) is 0 Å². The number of ether oxygens (including phenoxy) is 1. The van der Waals surface area contributed by atoms with Crippen LogP contribution in [0.15, 0.2) is 22.7 Å². The van der Waals surface area contributed by atoms with Gasteiger partial charge in [0.15, 0.2) is 0 Å². The molecule has 0 saturated carbocycles. The van der Waals surface area contributed by atoms with Gasteiger partial charge in [-0.15, -0.1) is 0 Å². The quantitative estimate of drug-likeness (QED) is 0.931. The molecule has 0 radical (unpaired) electrons. The summed E-state index contributed by atoms with van der Waals surface area (Å²) in [7, 11) is 1.79. The fourth-order valence-electron chi connectivity index (χ4n) is 2.57. The monoisotopic (exact) mass is 313 g/mol. The first-order chi connectivity index (χ1) is 8.65. The standard InChI is InChI=1S/C14H20BrNO2/c1-10-7-13(18-2)5-6-16(10)12-4-3-11(9-17)14(15)8-12/h3-4,8,10,13,17H,5-7,9H2,1-2H3. The first kappa shape index (κ1) is 13.8. The molecule has 0 amide bonds. The molecule has 1 heterocycles. The largest absolute Gasteiger partial charge is 0.392 e. The van der Waals surface area contributed by atoms with Crippen LogP contribution in [0.25, 0.3) is 0 Å². The van der Waals surface area contributed by atoms with Gasteiger partial charge in [-0.2, -0.15) is 0 Å². The molecule has 2 atom stereocenters. The van der Waals surface area contributed by atoms with Crippen LogP contribution in [0.3, 0.4) is 0 Å². The third-order valence-corrected chi connectivity index (χ3v) is 4.44. The summed E-state index contributed by atoms with van der Waals surface area (Å²) in [6.07, 6.45) is 2.52. The number of hydrogen-bond donors (Lipinski definition) is 1. The minimum atomic E-state index is 0.0716. The van der Waals surface area contributed by atoms with Gasteiger partial charge in [-0.3, -0.25) is 0 Å². The van der Waals surface area contributed by atoms with Gasteiger partial charge in [0.1, 0.15) is 0 Å². The minimum absolute atomic E-state index is 0.0716. The molecule has 1 N–H and O–H groups in total. The molecular formula is C14H20BrNO2. The van der Waals surface area contributed by atoms with Gasteiger partial charge in [-0.1, -0.05) is 22.0 Å². The lowest BCUT2D eigenvalue weighted by Gasteiger charge is -2.39. The number of halogens is 1. The van der Waals surface area contributed by atoms with E-state index < -0.39 is 0 Å². The highest BCUT2D eigenvalue weighted by Crippen LogP contribution is 2.29. The van der Waals surface area contributed by atoms with Crippen molar-refractivity contribution in [3.63, 3.8) is 0 Å². The summed E-state index contributed by atoms with van der Waals surface area (Å²) in [6.45, 7) is 3.33. The van der Waals surface area contributed by atoms with Crippen molar-refractivity contribution in [2.75, 3.05) is 18.6 Å². The zero-order valence-corrected chi connectivity index (χ0v) is 12.5. The summed E-state index contributed by atoms with van der Waals surface area (Å²) in [5.74, 6) is 0. The topological polar surface area (TPSA) is 32.7 Å². The Morgan fingerprint density at radius 1 is 1.50 bits per heavy atom. The Labute approximate surface area is 117 Å². The predicted octanol–water partition coefficient (Wildman–Crippen LogP) is 2.95. The molecule has 0 bridgehead atoms. The summed E-state index contributed by atoms with van der Waals surface area (Å²) in [6, 6.07) is 6.64. The molecule has 0 spiro atoms. The van der Waals surface area contributed by atoms with E-state index in [-0.39, 0.29) is 6.61 Å². The van der Waals surface area contributed by atoms with Crippen LogP contribution in [0.5, 0.6) is 0 Å². The molecule has 100 valence electrons. The second-order valence-electron chi connectivity index (χ2n) is 4.86. The van der Waals surface area contributed by atoms with Crippen molar-refractivity contribution in [2.45, 2.75) is 38.5 Å². The smallest absolute Gasteiger partial charge is 0.0692 e. The first-order valence-corrected chi connectivity index (χ1v) is 7.13. The third-order valence-electron chi connectivity index (χ3n) is 3.70. The lowest BCUT2D eigenvalue weighted by molar-refractivity contribution is 0.0721. The maximum atomic E-state index is 9.18. The van der Waals surface area contributed by atoms with Gasteiger partial charge in [-0.05, 0) is 37.5 Å². The molecule has 1 fully saturated rings. The van der Waals surface area contributed by atoms with Crippen LogP contribution in [-0.4, -0.2) is 30.9 Å². The number of hydrogen-bond acceptors (Lipinski definition) is 3. The van der Waals surface area contributed by atoms with E-state index in [0.717, 1.165) is 29.4 Å². The molecule has 1 saturated heterocycles. The van der Waals surface area contributed by atoms with Crippen molar-refractivity contribution in [3.8, 4) is 0 Å². The van der Waals surface area contributed by atoms with Crippen molar-refractivity contribution in [1.29, 1.82) is 0 Å². The maximum absolute atomic E-state index is 9.18. The molecule has 1 aliphatic heterocycles. The van der Waals surface area contributed by atoms with Crippen molar-refractivity contribution in [3.05, 3.63) is 28.2 Å². The first-order valence-electron chi connectivity index (χ1n) is 6.34. The van der Waals surface area contributed by atoms with Gasteiger partial charge in [0.2, 0.25) is 0 Å². The van der Waals surface area contributed by atoms with E-state index in [4.69, 9.17) is 4.74 Å². The number of methoxy groups -OCH3 is 1. The van der Waals surface area contributed by atoms with Gasteiger partial charge >= 0.3 is 0 Å². The molecule has 3 nitrogen and oxygen atoms in total. The third kappa shape index (κ3) is 2.87. The minimum Gasteiger partial charge on any atom is -0.392 e. The van der Waals surface area contributed by atoms with E-state index in [2.05, 4.69) is 39.9 Å². The second kappa shape index (κ2) is 6.04. The van der Waals surface area contributed by atoms with Crippen LogP contribution in [-0.2, 0) is 11.3 Å². The highest BCUT2D eigenvalue weighted by atomic mass is 79.9. The number of rotatable bonds is 3. The molecular weight excluding hydrogens is 294 g/mol. The van der Waals surface area contributed by atoms with E-state index in [0.29, 0.717) is 12.1 Å². The van der Waals surface area contributed by atoms with Gasteiger partial charge in [0.05, 0.1) is 12.7 Å². The number of aliphatic hydroxyl groups excluding tert-OH is 1. The zero-order chi connectivity index (χ0) is 13.1. The SMILES string of the molecule is COC1CCN(c2ccc(CO)c(Br)c2)C(C)C1. The van der Waals surface area contributed by atoms with Crippen molar-refractivity contribution in [1.82, 2.24) is 0 Å². The van der Waals surface area contributed by atoms with Crippen LogP contribution in [0.2, 0.25) is 0 Å². The Morgan fingerprint density at radius 3 is 2.83 bits per heavy atom. The number of benzene rings is 1. The second-order valence-corrected chi connectivity index (χ2v) is 5.71. The summed E-state index contributed by atoms with van der Waals surface area (Å²) in [5, 5.41) is 9.18. The van der Waals surface area contributed by atoms with E-state index in [1.54, 1.807) is 7.11 Å². The van der Waals surface area contributed by atoms with Gasteiger partial charge in [-0.25, -0.2) is 0 Å². The Hall–Kier alpha value is -0.580. The molecule has 18 heavy (non-hydrogen) atoms. The Kier molecular flexibility index (Phi) is 4.65. The number of aliphatic hydroxyl groups is 1. The highest BCUT2D eigenvalue weighted by molar-refractivity contribution is 9.10. The summed E-state index contributed by atoms with van der Waals surface area (Å²) >= 11 is 3.51. The molecule has 0 aliphatic carbocycles. The molecule has 2 rings (SSSR count). The van der Waals surface area contributed by atoms with Crippen molar-refractivity contribution < 1.29 is 9.84 Å². The number of nitrogens with zero attached hydrogens (tertiary/aromatic N) is 1. The Morgan fingerprint density at radius 2 is 2.28 bits per heavy atom. The van der Waals surface area contributed by atoms with E-state index >= 15 is 0 Å². The van der Waals surface area contributed by atoms with Crippen LogP contribution >= 0.6 is 15.9 Å². The Balaban J connectivity index is 2.14. The fourth-order valence-corrected chi connectivity index (χ4v) is 3.06. The number of anilines is 1. The average Bonchev–Trinajstić information content (AvgIpc) is 2.38. The highest BCUT2D eigenvalue weighted by Gasteiger charge is 2.25. The molecule has 0 aromatic heterocycles. The lowest BCUT2D eigenvalue weighted by atomic mass is 9.99. The van der Waals surface area contributed by atoms with E-state index in [9.17, 15) is 5.11 Å². The van der Waals surface area contributed by atoms with Crippen molar-refractivity contribution in [2.24, 2.45) is 0 Å². The fraction of sp³-hybridized carbons (Fsp3) is 0.571. The average molecular weight is 314 g/mol. The normalized spacial score (nSPS) is 24.3. The molecule has 2 unspecified atom stereocenters. The van der Waals surface area contributed by atoms with E-state index in [1.165, 1.54) is 5.69 Å². The summed E-state index contributed by atoms with van der Waals surface area (Å²) in [5.41, 5.74) is 2.14. The molecule has 1 aromatic rings.